The van der Waals surface area contributed by atoms with E-state index in [0.29, 0.717) is 5.88 Å². The number of hydrogen-bond donors (Lipinski definition) is 3. The Morgan fingerprint density at radius 1 is 1.36 bits per heavy atom. The van der Waals surface area contributed by atoms with E-state index in [0.717, 1.165) is 47.0 Å². The molecular weight excluding hydrogens is 314 g/mol. The van der Waals surface area contributed by atoms with Crippen LogP contribution in [0.25, 0.3) is 10.9 Å². The highest BCUT2D eigenvalue weighted by atomic mass is 16.5. The van der Waals surface area contributed by atoms with Crippen LogP contribution < -0.4 is 4.74 Å². The number of rotatable bonds is 4. The van der Waals surface area contributed by atoms with Crippen molar-refractivity contribution in [1.29, 1.82) is 10.7 Å². The Labute approximate surface area is 145 Å². The Hall–Kier alpha value is -3.07. The maximum atomic E-state index is 9.72. The minimum atomic E-state index is -0.662. The van der Waals surface area contributed by atoms with Crippen LogP contribution in [0, 0.1) is 22.7 Å². The van der Waals surface area contributed by atoms with Gasteiger partial charge in [-0.2, -0.15) is 5.26 Å². The van der Waals surface area contributed by atoms with Crippen LogP contribution in [0.5, 0.6) is 5.88 Å². The number of aromatic amines is 2. The van der Waals surface area contributed by atoms with E-state index in [1.54, 1.807) is 0 Å². The van der Waals surface area contributed by atoms with Gasteiger partial charge in [0.15, 0.2) is 0 Å². The minimum absolute atomic E-state index is 0.0428. The van der Waals surface area contributed by atoms with Crippen molar-refractivity contribution in [2.24, 2.45) is 5.92 Å². The van der Waals surface area contributed by atoms with Gasteiger partial charge in [0.05, 0.1) is 6.07 Å². The highest BCUT2D eigenvalue weighted by Gasteiger charge is 2.41. The lowest BCUT2D eigenvalue weighted by atomic mass is 9.79. The van der Waals surface area contributed by atoms with Gasteiger partial charge in [-0.3, -0.25) is 10.5 Å². The maximum absolute atomic E-state index is 9.72. The number of ether oxygens (including phenoxy) is 1. The Kier molecular flexibility index (Phi) is 3.77. The first kappa shape index (κ1) is 15.5. The highest BCUT2D eigenvalue weighted by molar-refractivity contribution is 5.89. The lowest BCUT2D eigenvalue weighted by Crippen LogP contribution is -2.31. The lowest BCUT2D eigenvalue weighted by Gasteiger charge is -2.27. The van der Waals surface area contributed by atoms with Gasteiger partial charge in [0.25, 0.3) is 0 Å². The van der Waals surface area contributed by atoms with Gasteiger partial charge in [-0.25, -0.2) is 0 Å². The van der Waals surface area contributed by atoms with Crippen molar-refractivity contribution in [3.8, 4) is 11.9 Å². The average molecular weight is 333 g/mol. The number of fused-ring (bicyclic) bond motifs is 2. The van der Waals surface area contributed by atoms with Crippen LogP contribution in [0.4, 0.5) is 0 Å². The molecule has 0 bridgehead atoms. The van der Waals surface area contributed by atoms with E-state index >= 15 is 0 Å². The number of unbranched alkanes of at least 4 members (excludes halogenated alkanes) is 1. The number of benzene rings is 1. The van der Waals surface area contributed by atoms with Gasteiger partial charge >= 0.3 is 0 Å². The van der Waals surface area contributed by atoms with Gasteiger partial charge < -0.3 is 9.72 Å². The van der Waals surface area contributed by atoms with E-state index in [-0.39, 0.29) is 11.8 Å². The summed E-state index contributed by atoms with van der Waals surface area (Å²) in [7, 11) is 0. The summed E-state index contributed by atoms with van der Waals surface area (Å²) in [6.07, 6.45) is 4.90. The molecule has 0 saturated carbocycles. The third-order valence-electron chi connectivity index (χ3n) is 4.86. The summed E-state index contributed by atoms with van der Waals surface area (Å²) in [5.41, 5.74) is 3.95. The summed E-state index contributed by atoms with van der Waals surface area (Å²) in [5.74, 6) is -0.538. The van der Waals surface area contributed by atoms with Gasteiger partial charge in [-0.1, -0.05) is 31.5 Å². The Morgan fingerprint density at radius 2 is 2.20 bits per heavy atom. The fourth-order valence-electron chi connectivity index (χ4n) is 3.62. The van der Waals surface area contributed by atoms with Crippen LogP contribution >= 0.6 is 0 Å². The Balaban J connectivity index is 1.91. The van der Waals surface area contributed by atoms with Gasteiger partial charge in [0.2, 0.25) is 11.8 Å². The predicted molar refractivity (Wildman–Crippen MR) is 94.8 cm³/mol. The summed E-state index contributed by atoms with van der Waals surface area (Å²) in [4.78, 5) is 3.28. The number of para-hydroxylation sites is 1. The molecule has 1 aliphatic heterocycles. The third kappa shape index (κ3) is 2.40. The summed E-state index contributed by atoms with van der Waals surface area (Å²) in [5, 5.41) is 26.3. The van der Waals surface area contributed by atoms with E-state index < -0.39 is 5.92 Å². The molecule has 0 amide bonds. The normalized spacial score (nSPS) is 19.4. The molecule has 1 aromatic carbocycles. The number of aryl methyl sites for hydroxylation is 1. The van der Waals surface area contributed by atoms with Crippen LogP contribution in [0.2, 0.25) is 0 Å². The van der Waals surface area contributed by atoms with Gasteiger partial charge in [-0.15, -0.1) is 5.10 Å². The molecule has 0 spiro atoms. The third-order valence-corrected chi connectivity index (χ3v) is 4.86. The molecule has 3 aromatic rings. The smallest absolute Gasteiger partial charge is 0.243 e. The molecule has 0 saturated heterocycles. The quantitative estimate of drug-likeness (QED) is 0.675. The molecule has 0 fully saturated rings. The second kappa shape index (κ2) is 6.10. The van der Waals surface area contributed by atoms with Crippen molar-refractivity contribution in [2.45, 2.75) is 32.1 Å². The molecule has 4 rings (SSSR count). The minimum Gasteiger partial charge on any atom is -0.422 e. The molecule has 0 aliphatic carbocycles. The number of nitriles is 1. The lowest BCUT2D eigenvalue weighted by molar-refractivity contribution is 0.437. The number of hydrogen-bond acceptors (Lipinski definition) is 4. The summed E-state index contributed by atoms with van der Waals surface area (Å²) >= 11 is 0. The monoisotopic (exact) mass is 333 g/mol. The molecule has 1 aliphatic rings. The van der Waals surface area contributed by atoms with E-state index in [2.05, 4.69) is 28.2 Å². The van der Waals surface area contributed by atoms with Crippen molar-refractivity contribution in [3.63, 3.8) is 0 Å². The fraction of sp³-hybridized carbons (Fsp3) is 0.316. The SMILES string of the molecule is CCCCc1[nH]nc2c1C(c1c[nH]c3ccccc13)C(C#N)C(=N)O2. The maximum Gasteiger partial charge on any atom is 0.243 e. The molecule has 0 radical (unpaired) electrons. The largest absolute Gasteiger partial charge is 0.422 e. The van der Waals surface area contributed by atoms with Crippen LogP contribution in [-0.2, 0) is 6.42 Å². The van der Waals surface area contributed by atoms with E-state index in [1.807, 2.05) is 30.5 Å². The molecular formula is C19H19N5O. The van der Waals surface area contributed by atoms with Crippen molar-refractivity contribution < 1.29 is 4.74 Å². The van der Waals surface area contributed by atoms with E-state index in [9.17, 15) is 5.26 Å². The zero-order valence-corrected chi connectivity index (χ0v) is 14.0. The van der Waals surface area contributed by atoms with E-state index in [1.165, 1.54) is 0 Å². The average Bonchev–Trinajstić information content (AvgIpc) is 3.22. The van der Waals surface area contributed by atoms with Gasteiger partial charge in [-0.05, 0) is 24.5 Å². The zero-order chi connectivity index (χ0) is 17.4. The van der Waals surface area contributed by atoms with Crippen molar-refractivity contribution in [3.05, 3.63) is 47.3 Å². The second-order valence-electron chi connectivity index (χ2n) is 6.36. The van der Waals surface area contributed by atoms with Crippen molar-refractivity contribution in [1.82, 2.24) is 15.2 Å². The molecule has 2 atom stereocenters. The first-order valence-corrected chi connectivity index (χ1v) is 8.53. The fourth-order valence-corrected chi connectivity index (χ4v) is 3.62. The van der Waals surface area contributed by atoms with Crippen LogP contribution in [0.15, 0.2) is 30.5 Å². The first-order valence-electron chi connectivity index (χ1n) is 8.53. The molecule has 6 heteroatoms. The van der Waals surface area contributed by atoms with Gasteiger partial charge in [0, 0.05) is 34.3 Å². The highest BCUT2D eigenvalue weighted by Crippen LogP contribution is 2.45. The number of nitrogens with one attached hydrogen (secondary N) is 3. The van der Waals surface area contributed by atoms with E-state index in [4.69, 9.17) is 10.1 Å². The number of H-pyrrole nitrogens is 2. The Morgan fingerprint density at radius 3 is 3.00 bits per heavy atom. The van der Waals surface area contributed by atoms with Crippen molar-refractivity contribution in [2.75, 3.05) is 0 Å². The zero-order valence-electron chi connectivity index (χ0n) is 14.0. The molecule has 126 valence electrons. The predicted octanol–water partition coefficient (Wildman–Crippen LogP) is 3.87. The molecule has 2 unspecified atom stereocenters. The molecule has 2 aromatic heterocycles. The standard InChI is InChI=1S/C19H19N5O/c1-2-3-7-15-17-16(12(9-20)18(21)25-19(17)24-23-15)13-10-22-14-8-5-4-6-11(13)14/h4-6,8,10,12,16,21-22H,2-3,7H2,1H3,(H,23,24). The summed E-state index contributed by atoms with van der Waals surface area (Å²) in [6, 6.07) is 10.3. The summed E-state index contributed by atoms with van der Waals surface area (Å²) < 4.78 is 5.54. The second-order valence-corrected chi connectivity index (χ2v) is 6.36. The van der Waals surface area contributed by atoms with Crippen LogP contribution in [0.3, 0.4) is 0 Å². The number of nitrogens with zero attached hydrogens (tertiary/aromatic N) is 2. The summed E-state index contributed by atoms with van der Waals surface area (Å²) in [6.45, 7) is 2.14. The van der Waals surface area contributed by atoms with Crippen molar-refractivity contribution >= 4 is 16.8 Å². The van der Waals surface area contributed by atoms with Crippen LogP contribution in [-0.4, -0.2) is 21.1 Å². The topological polar surface area (TPSA) is 101 Å². The van der Waals surface area contributed by atoms with Gasteiger partial charge in [0.1, 0.15) is 5.92 Å². The first-order chi connectivity index (χ1) is 12.2. The molecule has 3 N–H and O–H groups in total. The molecule has 3 heterocycles. The number of aromatic nitrogens is 3. The molecule has 6 nitrogen and oxygen atoms in total. The van der Waals surface area contributed by atoms with Crippen LogP contribution in [0.1, 0.15) is 42.5 Å². The Bertz CT molecular complexity index is 977. The molecule has 25 heavy (non-hydrogen) atoms.